The van der Waals surface area contributed by atoms with Crippen LogP contribution in [-0.2, 0) is 4.79 Å². The third-order valence-corrected chi connectivity index (χ3v) is 8.85. The summed E-state index contributed by atoms with van der Waals surface area (Å²) in [6, 6.07) is -0.319. The molecule has 0 saturated carbocycles. The fraction of sp³-hybridized carbons (Fsp3) is 0.857. The molecular formula is C28H51N3O4S. The average Bonchev–Trinajstić information content (AvgIpc) is 3.42. The summed E-state index contributed by atoms with van der Waals surface area (Å²) < 4.78 is 0. The molecule has 8 heteroatoms. The van der Waals surface area contributed by atoms with E-state index < -0.39 is 12.1 Å². The third kappa shape index (κ3) is 12.3. The van der Waals surface area contributed by atoms with E-state index in [-0.39, 0.29) is 30.6 Å². The topological polar surface area (TPSA) is 111 Å². The molecule has 2 saturated heterocycles. The lowest BCUT2D eigenvalue weighted by Gasteiger charge is -2.20. The molecule has 1 unspecified atom stereocenters. The van der Waals surface area contributed by atoms with Crippen molar-refractivity contribution in [2.24, 2.45) is 0 Å². The summed E-state index contributed by atoms with van der Waals surface area (Å²) in [5.41, 5.74) is 0. The third-order valence-electron chi connectivity index (χ3n) is 7.34. The number of urea groups is 1. The Bertz CT molecular complexity index is 648. The summed E-state index contributed by atoms with van der Waals surface area (Å²) in [5, 5.41) is 29.1. The number of amides is 3. The van der Waals surface area contributed by atoms with Gasteiger partial charge in [-0.2, -0.15) is 11.8 Å². The summed E-state index contributed by atoms with van der Waals surface area (Å²) in [7, 11) is 0. The highest BCUT2D eigenvalue weighted by Gasteiger charge is 2.42. The molecule has 2 aliphatic heterocycles. The summed E-state index contributed by atoms with van der Waals surface area (Å²) in [6.07, 6.45) is 21.2. The van der Waals surface area contributed by atoms with Crippen LogP contribution in [0.25, 0.3) is 0 Å². The Labute approximate surface area is 223 Å². The highest BCUT2D eigenvalue weighted by atomic mass is 32.2. The van der Waals surface area contributed by atoms with Crippen molar-refractivity contribution in [2.45, 2.75) is 139 Å². The van der Waals surface area contributed by atoms with Gasteiger partial charge in [0.1, 0.15) is 0 Å². The van der Waals surface area contributed by atoms with Gasteiger partial charge in [0.05, 0.1) is 30.8 Å². The number of carbonyl (C=O) groups is 2. The van der Waals surface area contributed by atoms with Crippen LogP contribution in [0, 0.1) is 0 Å². The van der Waals surface area contributed by atoms with E-state index in [1.165, 1.54) is 64.2 Å². The number of aliphatic hydroxyl groups is 2. The van der Waals surface area contributed by atoms with Crippen molar-refractivity contribution >= 4 is 23.7 Å². The molecule has 3 amide bonds. The maximum atomic E-state index is 12.3. The first kappa shape index (κ1) is 31.0. The highest BCUT2D eigenvalue weighted by molar-refractivity contribution is 8.00. The standard InChI is InChI=1S/C28H51N3O4S/c1-2-3-4-5-6-7-8-9-10-11-12-13-14-17-24(33)22(20-32)29-26(34)19-16-15-18-25-27-23(21-36-25)30-28(35)31-27/h14,17,22-25,27,32-33H,2-13,15-16,18-21H2,1H3,(H,29,34)(H2,30,31,35)/b17-14+/t22?,23-,24+,25-,27-/m0/s1. The maximum Gasteiger partial charge on any atom is 0.315 e. The van der Waals surface area contributed by atoms with Gasteiger partial charge in [-0.05, 0) is 25.7 Å². The van der Waals surface area contributed by atoms with Crippen molar-refractivity contribution in [2.75, 3.05) is 12.4 Å². The predicted molar refractivity (Wildman–Crippen MR) is 149 cm³/mol. The zero-order chi connectivity index (χ0) is 26.0. The highest BCUT2D eigenvalue weighted by Crippen LogP contribution is 2.33. The van der Waals surface area contributed by atoms with Crippen LogP contribution in [0.4, 0.5) is 4.79 Å². The van der Waals surface area contributed by atoms with E-state index in [9.17, 15) is 19.8 Å². The zero-order valence-electron chi connectivity index (χ0n) is 22.4. The normalized spacial score (nSPS) is 22.9. The summed E-state index contributed by atoms with van der Waals surface area (Å²) in [4.78, 5) is 23.8. The van der Waals surface area contributed by atoms with Crippen LogP contribution in [-0.4, -0.2) is 64.0 Å². The van der Waals surface area contributed by atoms with Gasteiger partial charge in [-0.15, -0.1) is 0 Å². The Morgan fingerprint density at radius 1 is 1.03 bits per heavy atom. The van der Waals surface area contributed by atoms with E-state index in [0.717, 1.165) is 37.9 Å². The molecule has 36 heavy (non-hydrogen) atoms. The molecule has 2 heterocycles. The Kier molecular flexibility index (Phi) is 16.3. The molecule has 5 N–H and O–H groups in total. The van der Waals surface area contributed by atoms with Gasteiger partial charge < -0.3 is 26.2 Å². The summed E-state index contributed by atoms with van der Waals surface area (Å²) in [5.74, 6) is 0.803. The second-order valence-corrected chi connectivity index (χ2v) is 11.7. The molecule has 208 valence electrons. The Morgan fingerprint density at radius 3 is 2.36 bits per heavy atom. The van der Waals surface area contributed by atoms with Gasteiger partial charge in [-0.1, -0.05) is 89.7 Å². The van der Waals surface area contributed by atoms with Crippen molar-refractivity contribution in [3.05, 3.63) is 12.2 Å². The van der Waals surface area contributed by atoms with E-state index in [0.29, 0.717) is 11.7 Å². The molecule has 0 spiro atoms. The van der Waals surface area contributed by atoms with Crippen LogP contribution >= 0.6 is 11.8 Å². The van der Waals surface area contributed by atoms with Crippen LogP contribution in [0.1, 0.15) is 110 Å². The first-order valence-electron chi connectivity index (χ1n) is 14.5. The van der Waals surface area contributed by atoms with Crippen LogP contribution < -0.4 is 16.0 Å². The Balaban J connectivity index is 1.46. The molecular weight excluding hydrogens is 474 g/mol. The van der Waals surface area contributed by atoms with E-state index >= 15 is 0 Å². The SMILES string of the molecule is CCCCCCCCCCCCC/C=C/[C@@H](O)C(CO)NC(=O)CCCC[C@@H]1SC[C@@H]2NC(=O)N[C@@H]21. The summed E-state index contributed by atoms with van der Waals surface area (Å²) >= 11 is 1.88. The molecule has 0 bridgehead atoms. The lowest BCUT2D eigenvalue weighted by molar-refractivity contribution is -0.123. The lowest BCUT2D eigenvalue weighted by Crippen LogP contribution is -2.45. The molecule has 5 atom stereocenters. The lowest BCUT2D eigenvalue weighted by atomic mass is 10.0. The van der Waals surface area contributed by atoms with Crippen molar-refractivity contribution in [3.8, 4) is 0 Å². The first-order chi connectivity index (χ1) is 17.5. The van der Waals surface area contributed by atoms with Crippen LogP contribution in [0.2, 0.25) is 0 Å². The van der Waals surface area contributed by atoms with E-state index in [1.807, 2.05) is 17.8 Å². The number of fused-ring (bicyclic) bond motifs is 1. The average molecular weight is 526 g/mol. The number of carbonyl (C=O) groups excluding carboxylic acids is 2. The van der Waals surface area contributed by atoms with Gasteiger partial charge in [-0.25, -0.2) is 4.79 Å². The fourth-order valence-electron chi connectivity index (χ4n) is 5.09. The minimum Gasteiger partial charge on any atom is -0.394 e. The number of hydrogen-bond donors (Lipinski definition) is 5. The second kappa shape index (κ2) is 18.9. The van der Waals surface area contributed by atoms with E-state index in [2.05, 4.69) is 22.9 Å². The molecule has 2 fully saturated rings. The largest absolute Gasteiger partial charge is 0.394 e. The van der Waals surface area contributed by atoms with Crippen LogP contribution in [0.3, 0.4) is 0 Å². The van der Waals surface area contributed by atoms with Crippen LogP contribution in [0.5, 0.6) is 0 Å². The predicted octanol–water partition coefficient (Wildman–Crippen LogP) is 4.81. The number of nitrogens with one attached hydrogen (secondary N) is 3. The van der Waals surface area contributed by atoms with Gasteiger partial charge in [0.25, 0.3) is 0 Å². The zero-order valence-corrected chi connectivity index (χ0v) is 23.2. The maximum absolute atomic E-state index is 12.3. The quantitative estimate of drug-likeness (QED) is 0.0839. The molecule has 7 nitrogen and oxygen atoms in total. The van der Waals surface area contributed by atoms with Gasteiger partial charge in [0, 0.05) is 17.4 Å². The van der Waals surface area contributed by atoms with E-state index in [4.69, 9.17) is 0 Å². The van der Waals surface area contributed by atoms with E-state index in [1.54, 1.807) is 6.08 Å². The molecule has 0 aromatic heterocycles. The molecule has 0 radical (unpaired) electrons. The summed E-state index contributed by atoms with van der Waals surface area (Å²) in [6.45, 7) is 1.97. The molecule has 2 aliphatic rings. The van der Waals surface area contributed by atoms with Crippen molar-refractivity contribution < 1.29 is 19.8 Å². The minimum atomic E-state index is -0.878. The number of unbranched alkanes of at least 4 members (excludes halogenated alkanes) is 12. The number of hydrogen-bond acceptors (Lipinski definition) is 5. The van der Waals surface area contributed by atoms with Gasteiger partial charge >= 0.3 is 6.03 Å². The number of rotatable bonds is 21. The molecule has 0 aliphatic carbocycles. The van der Waals surface area contributed by atoms with Gasteiger partial charge in [0.2, 0.25) is 5.91 Å². The second-order valence-electron chi connectivity index (χ2n) is 10.5. The van der Waals surface area contributed by atoms with Crippen molar-refractivity contribution in [3.63, 3.8) is 0 Å². The Morgan fingerprint density at radius 2 is 1.69 bits per heavy atom. The molecule has 0 aromatic rings. The van der Waals surface area contributed by atoms with Crippen LogP contribution in [0.15, 0.2) is 12.2 Å². The smallest absolute Gasteiger partial charge is 0.315 e. The fourth-order valence-corrected chi connectivity index (χ4v) is 6.63. The minimum absolute atomic E-state index is 0.0730. The molecule has 2 rings (SSSR count). The number of allylic oxidation sites excluding steroid dienone is 1. The molecule has 0 aromatic carbocycles. The monoisotopic (exact) mass is 525 g/mol. The number of thioether (sulfide) groups is 1. The van der Waals surface area contributed by atoms with Crippen molar-refractivity contribution in [1.82, 2.24) is 16.0 Å². The first-order valence-corrected chi connectivity index (χ1v) is 15.5. The van der Waals surface area contributed by atoms with Gasteiger partial charge in [0.15, 0.2) is 0 Å². The number of aliphatic hydroxyl groups excluding tert-OH is 2. The Hall–Kier alpha value is -1.25. The van der Waals surface area contributed by atoms with Gasteiger partial charge in [-0.3, -0.25) is 4.79 Å². The van der Waals surface area contributed by atoms with Crippen molar-refractivity contribution in [1.29, 1.82) is 0 Å².